The van der Waals surface area contributed by atoms with Gasteiger partial charge in [-0.25, -0.2) is 9.59 Å². The first-order chi connectivity index (χ1) is 10.6. The molecule has 0 radical (unpaired) electrons. The molecule has 4 saturated carbocycles. The number of carbonyl (C=O) groups is 2. The molecule has 4 fully saturated rings. The van der Waals surface area contributed by atoms with Gasteiger partial charge in [-0.1, -0.05) is 24.3 Å². The maximum Gasteiger partial charge on any atom is 0.339 e. The first-order valence-electron chi connectivity index (χ1n) is 7.80. The second kappa shape index (κ2) is 4.70. The van der Waals surface area contributed by atoms with Gasteiger partial charge in [0.05, 0.1) is 11.1 Å². The van der Waals surface area contributed by atoms with Crippen LogP contribution in [0.15, 0.2) is 36.4 Å². The Labute approximate surface area is 128 Å². The van der Waals surface area contributed by atoms with Crippen molar-refractivity contribution in [2.45, 2.75) is 25.4 Å². The molecule has 4 aliphatic rings. The van der Waals surface area contributed by atoms with E-state index in [9.17, 15) is 14.7 Å². The molecule has 0 spiro atoms. The van der Waals surface area contributed by atoms with E-state index in [1.54, 1.807) is 12.1 Å². The number of hydrogen-bond acceptors (Lipinski definition) is 3. The van der Waals surface area contributed by atoms with E-state index in [0.29, 0.717) is 17.8 Å². The van der Waals surface area contributed by atoms with Crippen LogP contribution < -0.4 is 0 Å². The van der Waals surface area contributed by atoms with Crippen molar-refractivity contribution in [3.8, 4) is 0 Å². The number of hydrogen-bond donors (Lipinski definition) is 1. The lowest BCUT2D eigenvalue weighted by Gasteiger charge is -2.40. The van der Waals surface area contributed by atoms with Gasteiger partial charge in [-0.3, -0.25) is 0 Å². The molecule has 1 aromatic rings. The van der Waals surface area contributed by atoms with Crippen LogP contribution in [0.1, 0.15) is 40.0 Å². The molecule has 4 heteroatoms. The number of fused-ring (bicyclic) bond motifs is 1. The standard InChI is InChI=1S/C18H18O4/c1-9-14-8-10-6-7-11(14)16(15(9)10)22-18(21)13-5-3-2-4-12(13)17(19)20/h2-5,10-11,14-16H,1,6-8H2,(H,19,20)/t10-,11-,14+,15-,16-/m1/s1. The SMILES string of the molecule is C=C1[C@@H]2[C@@H]3CC[C@@H]([C@H]2OC(=O)c2ccccc2C(=O)O)[C@H]1C3. The predicted molar refractivity (Wildman–Crippen MR) is 79.6 cm³/mol. The fourth-order valence-electron chi connectivity index (χ4n) is 4.86. The van der Waals surface area contributed by atoms with Gasteiger partial charge in [-0.05, 0) is 43.2 Å². The van der Waals surface area contributed by atoms with E-state index >= 15 is 0 Å². The lowest BCUT2D eigenvalue weighted by Crippen LogP contribution is -2.41. The first-order valence-corrected chi connectivity index (χ1v) is 7.80. The fraction of sp³-hybridized carbons (Fsp3) is 0.444. The Kier molecular flexibility index (Phi) is 2.90. The second-order valence-corrected chi connectivity index (χ2v) is 6.66. The van der Waals surface area contributed by atoms with E-state index in [1.807, 2.05) is 0 Å². The summed E-state index contributed by atoms with van der Waals surface area (Å²) in [5.41, 5.74) is 1.38. The molecule has 5 rings (SSSR count). The van der Waals surface area contributed by atoms with Crippen LogP contribution in [0.3, 0.4) is 0 Å². The number of carboxylic acids is 1. The number of aromatic carboxylic acids is 1. The highest BCUT2D eigenvalue weighted by molar-refractivity contribution is 6.02. The third-order valence-corrected chi connectivity index (χ3v) is 5.75. The molecule has 4 bridgehead atoms. The quantitative estimate of drug-likeness (QED) is 0.688. The third kappa shape index (κ3) is 1.76. The maximum atomic E-state index is 12.5. The molecular formula is C18H18O4. The number of rotatable bonds is 3. The third-order valence-electron chi connectivity index (χ3n) is 5.75. The van der Waals surface area contributed by atoms with Gasteiger partial charge in [0.1, 0.15) is 6.10 Å². The van der Waals surface area contributed by atoms with Crippen LogP contribution in [0.2, 0.25) is 0 Å². The average molecular weight is 298 g/mol. The number of carboxylic acid groups (broad SMARTS) is 1. The minimum atomic E-state index is -1.11. The molecule has 1 aromatic carbocycles. The second-order valence-electron chi connectivity index (χ2n) is 6.66. The highest BCUT2D eigenvalue weighted by atomic mass is 16.5. The Bertz CT molecular complexity index is 677. The predicted octanol–water partition coefficient (Wildman–Crippen LogP) is 3.14. The van der Waals surface area contributed by atoms with Crippen LogP contribution in [0.5, 0.6) is 0 Å². The summed E-state index contributed by atoms with van der Waals surface area (Å²) in [6, 6.07) is 6.23. The average Bonchev–Trinajstić information content (AvgIpc) is 2.93. The van der Waals surface area contributed by atoms with Gasteiger partial charge in [-0.15, -0.1) is 0 Å². The first kappa shape index (κ1) is 13.6. The Balaban J connectivity index is 1.59. The van der Waals surface area contributed by atoms with Crippen LogP contribution in [0, 0.1) is 23.7 Å². The largest absolute Gasteiger partial charge is 0.478 e. The topological polar surface area (TPSA) is 63.6 Å². The maximum absolute atomic E-state index is 12.5. The van der Waals surface area contributed by atoms with Crippen molar-refractivity contribution in [3.05, 3.63) is 47.5 Å². The molecule has 114 valence electrons. The van der Waals surface area contributed by atoms with Gasteiger partial charge in [-0.2, -0.15) is 0 Å². The summed E-state index contributed by atoms with van der Waals surface area (Å²) < 4.78 is 5.76. The summed E-state index contributed by atoms with van der Waals surface area (Å²) in [4.78, 5) is 23.7. The minimum Gasteiger partial charge on any atom is -0.478 e. The van der Waals surface area contributed by atoms with Crippen LogP contribution in [0.25, 0.3) is 0 Å². The van der Waals surface area contributed by atoms with E-state index in [-0.39, 0.29) is 23.1 Å². The molecule has 0 heterocycles. The van der Waals surface area contributed by atoms with Crippen molar-refractivity contribution in [2.75, 3.05) is 0 Å². The smallest absolute Gasteiger partial charge is 0.339 e. The zero-order chi connectivity index (χ0) is 15.4. The van der Waals surface area contributed by atoms with E-state index < -0.39 is 11.9 Å². The van der Waals surface area contributed by atoms with Gasteiger partial charge in [0, 0.05) is 11.8 Å². The van der Waals surface area contributed by atoms with E-state index in [1.165, 1.54) is 30.5 Å². The molecule has 0 aromatic heterocycles. The van der Waals surface area contributed by atoms with Gasteiger partial charge in [0.25, 0.3) is 0 Å². The molecule has 0 aliphatic heterocycles. The van der Waals surface area contributed by atoms with Gasteiger partial charge in [0.2, 0.25) is 0 Å². The molecule has 0 unspecified atom stereocenters. The van der Waals surface area contributed by atoms with Crippen LogP contribution in [0.4, 0.5) is 0 Å². The molecule has 1 N–H and O–H groups in total. The Hall–Kier alpha value is -2.10. The fourth-order valence-corrected chi connectivity index (χ4v) is 4.86. The Morgan fingerprint density at radius 1 is 1.18 bits per heavy atom. The molecule has 5 atom stereocenters. The Morgan fingerprint density at radius 2 is 1.91 bits per heavy atom. The lowest BCUT2D eigenvalue weighted by atomic mass is 9.69. The van der Waals surface area contributed by atoms with Crippen molar-refractivity contribution < 1.29 is 19.4 Å². The molecule has 0 saturated heterocycles. The summed E-state index contributed by atoms with van der Waals surface area (Å²) in [6.07, 6.45) is 3.36. The van der Waals surface area contributed by atoms with Crippen molar-refractivity contribution in [3.63, 3.8) is 0 Å². The minimum absolute atomic E-state index is 0.000331. The van der Waals surface area contributed by atoms with E-state index in [0.717, 1.165) is 6.42 Å². The zero-order valence-corrected chi connectivity index (χ0v) is 12.2. The van der Waals surface area contributed by atoms with Crippen molar-refractivity contribution in [1.82, 2.24) is 0 Å². The number of ether oxygens (including phenoxy) is 1. The van der Waals surface area contributed by atoms with E-state index in [2.05, 4.69) is 6.58 Å². The lowest BCUT2D eigenvalue weighted by molar-refractivity contribution is -0.0386. The monoisotopic (exact) mass is 298 g/mol. The highest BCUT2D eigenvalue weighted by Gasteiger charge is 2.59. The number of esters is 1. The number of carbonyl (C=O) groups excluding carboxylic acids is 1. The van der Waals surface area contributed by atoms with Crippen molar-refractivity contribution >= 4 is 11.9 Å². The normalized spacial score (nSPS) is 34.9. The Morgan fingerprint density at radius 3 is 2.55 bits per heavy atom. The van der Waals surface area contributed by atoms with Gasteiger partial charge >= 0.3 is 11.9 Å². The van der Waals surface area contributed by atoms with Crippen LogP contribution in [-0.2, 0) is 4.74 Å². The van der Waals surface area contributed by atoms with Gasteiger partial charge < -0.3 is 9.84 Å². The summed E-state index contributed by atoms with van der Waals surface area (Å²) in [6.45, 7) is 4.21. The van der Waals surface area contributed by atoms with Crippen molar-refractivity contribution in [1.29, 1.82) is 0 Å². The van der Waals surface area contributed by atoms with Crippen LogP contribution in [-0.4, -0.2) is 23.1 Å². The molecule has 4 aliphatic carbocycles. The molecular weight excluding hydrogens is 280 g/mol. The summed E-state index contributed by atoms with van der Waals surface area (Å²) in [5, 5.41) is 9.21. The highest BCUT2D eigenvalue weighted by Crippen LogP contribution is 2.62. The number of benzene rings is 1. The van der Waals surface area contributed by atoms with Gasteiger partial charge in [0.15, 0.2) is 0 Å². The zero-order valence-electron chi connectivity index (χ0n) is 12.2. The van der Waals surface area contributed by atoms with Crippen molar-refractivity contribution in [2.24, 2.45) is 23.7 Å². The summed E-state index contributed by atoms with van der Waals surface area (Å²) in [5.74, 6) is 0.125. The van der Waals surface area contributed by atoms with Crippen LogP contribution >= 0.6 is 0 Å². The molecule has 4 nitrogen and oxygen atoms in total. The van der Waals surface area contributed by atoms with E-state index in [4.69, 9.17) is 4.74 Å². The summed E-state index contributed by atoms with van der Waals surface area (Å²) >= 11 is 0. The molecule has 0 amide bonds. The summed E-state index contributed by atoms with van der Waals surface area (Å²) in [7, 11) is 0. The molecule has 22 heavy (non-hydrogen) atoms.